The number of nitrogens with zero attached hydrogens (tertiary/aromatic N) is 2. The van der Waals surface area contributed by atoms with Crippen molar-refractivity contribution in [2.45, 2.75) is 37.8 Å². The zero-order valence-electron chi connectivity index (χ0n) is 11.5. The first-order chi connectivity index (χ1) is 9.25. The van der Waals surface area contributed by atoms with Gasteiger partial charge in [-0.3, -0.25) is 9.69 Å². The van der Waals surface area contributed by atoms with Gasteiger partial charge >= 0.3 is 0 Å². The number of rotatable bonds is 2. The molecular weight excluding hydrogens is 244 g/mol. The molecule has 0 aromatic rings. The van der Waals surface area contributed by atoms with Gasteiger partial charge < -0.3 is 14.7 Å². The summed E-state index contributed by atoms with van der Waals surface area (Å²) in [6.45, 7) is 4.84. The van der Waals surface area contributed by atoms with E-state index >= 15 is 0 Å². The average Bonchev–Trinajstić information content (AvgIpc) is 3.26. The minimum Gasteiger partial charge on any atom is -0.391 e. The highest BCUT2D eigenvalue weighted by atomic mass is 16.5. The van der Waals surface area contributed by atoms with Crippen molar-refractivity contribution in [1.29, 1.82) is 0 Å². The molecule has 3 fully saturated rings. The van der Waals surface area contributed by atoms with E-state index < -0.39 is 0 Å². The molecule has 0 spiro atoms. The van der Waals surface area contributed by atoms with Gasteiger partial charge in [0.1, 0.15) is 0 Å². The zero-order chi connectivity index (χ0) is 13.2. The predicted molar refractivity (Wildman–Crippen MR) is 70.7 cm³/mol. The first kappa shape index (κ1) is 13.3. The molecule has 1 N–H and O–H groups in total. The maximum absolute atomic E-state index is 12.1. The SMILES string of the molecule is O=C(C1CC1)N1CC[C@H](O)[C@@H](N2CCOCC2)CC1. The van der Waals surface area contributed by atoms with Gasteiger partial charge in [0, 0.05) is 38.1 Å². The van der Waals surface area contributed by atoms with Gasteiger partial charge in [0.25, 0.3) is 0 Å². The lowest BCUT2D eigenvalue weighted by Gasteiger charge is -2.36. The molecule has 1 aliphatic carbocycles. The first-order valence-electron chi connectivity index (χ1n) is 7.54. The molecule has 2 aliphatic heterocycles. The zero-order valence-corrected chi connectivity index (χ0v) is 11.5. The van der Waals surface area contributed by atoms with E-state index in [4.69, 9.17) is 4.74 Å². The van der Waals surface area contributed by atoms with Gasteiger partial charge in [0.2, 0.25) is 5.91 Å². The second-order valence-electron chi connectivity index (χ2n) is 5.96. The molecule has 3 rings (SSSR count). The van der Waals surface area contributed by atoms with Gasteiger partial charge in [-0.25, -0.2) is 0 Å². The third kappa shape index (κ3) is 3.09. The van der Waals surface area contributed by atoms with Crippen LogP contribution in [0.5, 0.6) is 0 Å². The second-order valence-corrected chi connectivity index (χ2v) is 5.96. The number of carbonyl (C=O) groups is 1. The maximum Gasteiger partial charge on any atom is 0.225 e. The van der Waals surface area contributed by atoms with Crippen LogP contribution in [0.4, 0.5) is 0 Å². The van der Waals surface area contributed by atoms with Crippen LogP contribution in [0, 0.1) is 5.92 Å². The first-order valence-corrected chi connectivity index (χ1v) is 7.54. The quantitative estimate of drug-likeness (QED) is 0.770. The maximum atomic E-state index is 12.1. The Kier molecular flexibility index (Phi) is 4.05. The highest BCUT2D eigenvalue weighted by Crippen LogP contribution is 2.32. The third-order valence-electron chi connectivity index (χ3n) is 4.59. The van der Waals surface area contributed by atoms with Crippen LogP contribution in [0.1, 0.15) is 25.7 Å². The van der Waals surface area contributed by atoms with Crippen molar-refractivity contribution in [3.63, 3.8) is 0 Å². The number of ether oxygens (including phenoxy) is 1. The highest BCUT2D eigenvalue weighted by Gasteiger charge is 2.36. The molecule has 19 heavy (non-hydrogen) atoms. The molecule has 2 saturated heterocycles. The molecule has 3 aliphatic rings. The fourth-order valence-corrected chi connectivity index (χ4v) is 3.22. The average molecular weight is 268 g/mol. The summed E-state index contributed by atoms with van der Waals surface area (Å²) < 4.78 is 5.37. The lowest BCUT2D eigenvalue weighted by molar-refractivity contribution is -0.132. The number of aliphatic hydroxyl groups excluding tert-OH is 1. The number of likely N-dealkylation sites (tertiary alicyclic amines) is 1. The monoisotopic (exact) mass is 268 g/mol. The Morgan fingerprint density at radius 2 is 1.68 bits per heavy atom. The van der Waals surface area contributed by atoms with E-state index in [-0.39, 0.29) is 18.1 Å². The van der Waals surface area contributed by atoms with Gasteiger partial charge in [0.15, 0.2) is 0 Å². The van der Waals surface area contributed by atoms with Gasteiger partial charge in [-0.1, -0.05) is 0 Å². The van der Waals surface area contributed by atoms with Gasteiger partial charge in [0.05, 0.1) is 19.3 Å². The Bertz CT molecular complexity index is 327. The van der Waals surface area contributed by atoms with E-state index in [0.29, 0.717) is 12.3 Å². The molecule has 5 nitrogen and oxygen atoms in total. The van der Waals surface area contributed by atoms with E-state index in [1.165, 1.54) is 0 Å². The van der Waals surface area contributed by atoms with Crippen LogP contribution in [0.25, 0.3) is 0 Å². The molecule has 0 aromatic heterocycles. The molecule has 1 amide bonds. The van der Waals surface area contributed by atoms with E-state index in [9.17, 15) is 9.90 Å². The summed E-state index contributed by atoms with van der Waals surface area (Å²) in [4.78, 5) is 16.4. The molecular formula is C14H24N2O3. The van der Waals surface area contributed by atoms with Gasteiger partial charge in [-0.15, -0.1) is 0 Å². The Morgan fingerprint density at radius 3 is 2.37 bits per heavy atom. The Morgan fingerprint density at radius 1 is 1.00 bits per heavy atom. The molecule has 0 bridgehead atoms. The number of aliphatic hydroxyl groups is 1. The molecule has 0 unspecified atom stereocenters. The van der Waals surface area contributed by atoms with E-state index in [0.717, 1.165) is 58.7 Å². The van der Waals surface area contributed by atoms with Crippen molar-refractivity contribution in [3.05, 3.63) is 0 Å². The number of carbonyl (C=O) groups excluding carboxylic acids is 1. The Balaban J connectivity index is 1.59. The largest absolute Gasteiger partial charge is 0.391 e. The van der Waals surface area contributed by atoms with Crippen LogP contribution >= 0.6 is 0 Å². The number of hydrogen-bond donors (Lipinski definition) is 1. The fourth-order valence-electron chi connectivity index (χ4n) is 3.22. The van der Waals surface area contributed by atoms with Gasteiger partial charge in [-0.2, -0.15) is 0 Å². The fraction of sp³-hybridized carbons (Fsp3) is 0.929. The topological polar surface area (TPSA) is 53.0 Å². The van der Waals surface area contributed by atoms with Crippen molar-refractivity contribution in [2.24, 2.45) is 5.92 Å². The van der Waals surface area contributed by atoms with Crippen LogP contribution in [0.2, 0.25) is 0 Å². The van der Waals surface area contributed by atoms with Crippen molar-refractivity contribution < 1.29 is 14.6 Å². The van der Waals surface area contributed by atoms with Crippen molar-refractivity contribution in [3.8, 4) is 0 Å². The molecule has 5 heteroatoms. The lowest BCUT2D eigenvalue weighted by atomic mass is 10.0. The summed E-state index contributed by atoms with van der Waals surface area (Å²) in [5.74, 6) is 0.604. The van der Waals surface area contributed by atoms with Crippen LogP contribution < -0.4 is 0 Å². The van der Waals surface area contributed by atoms with E-state index in [1.807, 2.05) is 4.90 Å². The summed E-state index contributed by atoms with van der Waals surface area (Å²) in [6.07, 6.45) is 3.41. The highest BCUT2D eigenvalue weighted by molar-refractivity contribution is 5.81. The summed E-state index contributed by atoms with van der Waals surface area (Å²) in [7, 11) is 0. The third-order valence-corrected chi connectivity index (χ3v) is 4.59. The molecule has 1 saturated carbocycles. The molecule has 108 valence electrons. The van der Waals surface area contributed by atoms with Crippen LogP contribution in [0.15, 0.2) is 0 Å². The van der Waals surface area contributed by atoms with Crippen molar-refractivity contribution >= 4 is 5.91 Å². The van der Waals surface area contributed by atoms with Gasteiger partial charge in [-0.05, 0) is 25.7 Å². The summed E-state index contributed by atoms with van der Waals surface area (Å²) in [6, 6.07) is 0.195. The number of morpholine rings is 1. The summed E-state index contributed by atoms with van der Waals surface area (Å²) >= 11 is 0. The standard InChI is InChI=1S/C14H24N2O3/c17-13-4-6-16(14(18)11-1-2-11)5-3-12(13)15-7-9-19-10-8-15/h11-13,17H,1-10H2/t12-,13-/m0/s1. The normalized spacial score (nSPS) is 34.1. The van der Waals surface area contributed by atoms with Crippen molar-refractivity contribution in [2.75, 3.05) is 39.4 Å². The lowest BCUT2D eigenvalue weighted by Crippen LogP contribution is -2.49. The molecule has 2 heterocycles. The minimum atomic E-state index is -0.310. The van der Waals surface area contributed by atoms with Crippen LogP contribution in [-0.2, 0) is 9.53 Å². The van der Waals surface area contributed by atoms with E-state index in [2.05, 4.69) is 4.90 Å². The molecule has 0 aromatic carbocycles. The Hall–Kier alpha value is -0.650. The number of hydrogen-bond acceptors (Lipinski definition) is 4. The molecule has 0 radical (unpaired) electrons. The second kappa shape index (κ2) is 5.77. The predicted octanol–water partition coefficient (Wildman–Crippen LogP) is 0.0805. The minimum absolute atomic E-state index is 0.195. The Labute approximate surface area is 114 Å². The van der Waals surface area contributed by atoms with Crippen molar-refractivity contribution in [1.82, 2.24) is 9.80 Å². The molecule has 2 atom stereocenters. The summed E-state index contributed by atoms with van der Waals surface area (Å²) in [5.41, 5.74) is 0. The van der Waals surface area contributed by atoms with Crippen LogP contribution in [0.3, 0.4) is 0 Å². The smallest absolute Gasteiger partial charge is 0.225 e. The summed E-state index contributed by atoms with van der Waals surface area (Å²) in [5, 5.41) is 10.3. The van der Waals surface area contributed by atoms with Crippen LogP contribution in [-0.4, -0.2) is 72.4 Å². The number of amides is 1. The van der Waals surface area contributed by atoms with E-state index in [1.54, 1.807) is 0 Å².